The Hall–Kier alpha value is 0.140. The van der Waals surface area contributed by atoms with Crippen LogP contribution in [0.1, 0.15) is 18.7 Å². The van der Waals surface area contributed by atoms with Crippen LogP contribution in [0.5, 0.6) is 0 Å². The summed E-state index contributed by atoms with van der Waals surface area (Å²) in [6.07, 6.45) is 0.964. The number of nitrogens with zero attached hydrogens (tertiary/aromatic N) is 1. The van der Waals surface area contributed by atoms with E-state index in [2.05, 4.69) is 57.5 Å². The first-order valence-corrected chi connectivity index (χ1v) is 8.04. The number of halogens is 2. The largest absolute Gasteiger partial charge is 0.383 e. The first kappa shape index (κ1) is 20.1. The lowest BCUT2D eigenvalue weighted by atomic mass is 10.3. The molecule has 0 aliphatic rings. The summed E-state index contributed by atoms with van der Waals surface area (Å²) >= 11 is 5.23. The molecule has 1 unspecified atom stereocenters. The van der Waals surface area contributed by atoms with Crippen LogP contribution in [-0.4, -0.2) is 38.8 Å². The molecule has 0 saturated heterocycles. The molecule has 0 aliphatic heterocycles. The van der Waals surface area contributed by atoms with Crippen molar-refractivity contribution in [3.8, 4) is 0 Å². The number of ether oxygens (including phenoxy) is 1. The molecule has 0 saturated carbocycles. The predicted molar refractivity (Wildman–Crippen MR) is 102 cm³/mol. The SMILES string of the molecule is CCNC(=NCCc1ccc(Br)s1)NC(C)COC.I. The van der Waals surface area contributed by atoms with Crippen LogP contribution in [0.3, 0.4) is 0 Å². The van der Waals surface area contributed by atoms with E-state index < -0.39 is 0 Å². The van der Waals surface area contributed by atoms with E-state index in [1.807, 2.05) is 0 Å². The zero-order chi connectivity index (χ0) is 14.1. The number of nitrogens with one attached hydrogen (secondary N) is 2. The Kier molecular flexibility index (Phi) is 11.8. The summed E-state index contributed by atoms with van der Waals surface area (Å²) in [6.45, 7) is 6.45. The number of hydrogen-bond acceptors (Lipinski definition) is 3. The van der Waals surface area contributed by atoms with E-state index in [0.717, 1.165) is 25.5 Å². The van der Waals surface area contributed by atoms with Gasteiger partial charge in [-0.25, -0.2) is 0 Å². The van der Waals surface area contributed by atoms with Gasteiger partial charge < -0.3 is 15.4 Å². The Morgan fingerprint density at radius 2 is 2.25 bits per heavy atom. The van der Waals surface area contributed by atoms with Crippen molar-refractivity contribution >= 4 is 57.2 Å². The number of rotatable bonds is 7. The van der Waals surface area contributed by atoms with Crippen LogP contribution < -0.4 is 10.6 Å². The van der Waals surface area contributed by atoms with E-state index >= 15 is 0 Å². The van der Waals surface area contributed by atoms with E-state index in [4.69, 9.17) is 4.74 Å². The van der Waals surface area contributed by atoms with Gasteiger partial charge in [0.1, 0.15) is 0 Å². The molecule has 1 rings (SSSR count). The molecular weight excluding hydrogens is 453 g/mol. The fourth-order valence-electron chi connectivity index (χ4n) is 1.61. The molecule has 1 heterocycles. The van der Waals surface area contributed by atoms with Crippen LogP contribution in [0, 0.1) is 0 Å². The van der Waals surface area contributed by atoms with Gasteiger partial charge in [0.05, 0.1) is 10.4 Å². The van der Waals surface area contributed by atoms with Gasteiger partial charge in [-0.3, -0.25) is 4.99 Å². The third kappa shape index (κ3) is 8.43. The second-order valence-corrected chi connectivity index (χ2v) is 6.76. The van der Waals surface area contributed by atoms with Gasteiger partial charge in [-0.1, -0.05) is 0 Å². The van der Waals surface area contributed by atoms with Gasteiger partial charge in [0.2, 0.25) is 0 Å². The summed E-state index contributed by atoms with van der Waals surface area (Å²) in [5, 5.41) is 6.56. The van der Waals surface area contributed by atoms with Gasteiger partial charge >= 0.3 is 0 Å². The highest BCUT2D eigenvalue weighted by Gasteiger charge is 2.04. The Morgan fingerprint density at radius 3 is 2.80 bits per heavy atom. The smallest absolute Gasteiger partial charge is 0.191 e. The van der Waals surface area contributed by atoms with Crippen LogP contribution in [0.15, 0.2) is 20.9 Å². The molecule has 1 aromatic rings. The monoisotopic (exact) mass is 475 g/mol. The van der Waals surface area contributed by atoms with Crippen LogP contribution in [0.4, 0.5) is 0 Å². The fourth-order valence-corrected chi connectivity index (χ4v) is 3.08. The molecular formula is C13H23BrIN3OS. The van der Waals surface area contributed by atoms with Gasteiger partial charge in [-0.15, -0.1) is 35.3 Å². The highest BCUT2D eigenvalue weighted by atomic mass is 127. The minimum Gasteiger partial charge on any atom is -0.383 e. The average Bonchev–Trinajstić information content (AvgIpc) is 2.75. The molecule has 0 amide bonds. The zero-order valence-corrected chi connectivity index (χ0v) is 16.8. The van der Waals surface area contributed by atoms with Gasteiger partial charge in [0.15, 0.2) is 5.96 Å². The van der Waals surface area contributed by atoms with E-state index in [0.29, 0.717) is 6.61 Å². The molecule has 0 spiro atoms. The first-order chi connectivity index (χ1) is 9.15. The van der Waals surface area contributed by atoms with E-state index in [-0.39, 0.29) is 30.0 Å². The normalized spacial score (nSPS) is 12.7. The molecule has 7 heteroatoms. The lowest BCUT2D eigenvalue weighted by molar-refractivity contribution is 0.179. The van der Waals surface area contributed by atoms with E-state index in [9.17, 15) is 0 Å². The summed E-state index contributed by atoms with van der Waals surface area (Å²) in [5.41, 5.74) is 0. The van der Waals surface area contributed by atoms with Crippen LogP contribution in [0.2, 0.25) is 0 Å². The van der Waals surface area contributed by atoms with Gasteiger partial charge in [-0.2, -0.15) is 0 Å². The Morgan fingerprint density at radius 1 is 1.50 bits per heavy atom. The number of methoxy groups -OCH3 is 1. The standard InChI is InChI=1S/C13H22BrN3OS.HI/c1-4-15-13(17-10(2)9-18-3)16-8-7-11-5-6-12(14)19-11;/h5-6,10H,4,7-9H2,1-3H3,(H2,15,16,17);1H. The van der Waals surface area contributed by atoms with Crippen LogP contribution in [0.25, 0.3) is 0 Å². The van der Waals surface area contributed by atoms with Crippen molar-refractivity contribution in [2.45, 2.75) is 26.3 Å². The Balaban J connectivity index is 0.00000361. The van der Waals surface area contributed by atoms with E-state index in [1.165, 1.54) is 8.66 Å². The summed E-state index contributed by atoms with van der Waals surface area (Å²) < 4.78 is 6.28. The predicted octanol–water partition coefficient (Wildman–Crippen LogP) is 3.26. The van der Waals surface area contributed by atoms with Crippen LogP contribution in [-0.2, 0) is 11.2 Å². The molecule has 20 heavy (non-hydrogen) atoms. The van der Waals surface area contributed by atoms with Crippen molar-refractivity contribution < 1.29 is 4.74 Å². The molecule has 2 N–H and O–H groups in total. The lowest BCUT2D eigenvalue weighted by Crippen LogP contribution is -2.44. The van der Waals surface area contributed by atoms with Gasteiger partial charge in [0.25, 0.3) is 0 Å². The summed E-state index contributed by atoms with van der Waals surface area (Å²) in [4.78, 5) is 5.91. The molecule has 0 aromatic carbocycles. The maximum Gasteiger partial charge on any atom is 0.191 e. The topological polar surface area (TPSA) is 45.7 Å². The average molecular weight is 476 g/mol. The van der Waals surface area contributed by atoms with Crippen molar-refractivity contribution in [2.24, 2.45) is 4.99 Å². The van der Waals surface area contributed by atoms with Crippen molar-refractivity contribution in [3.63, 3.8) is 0 Å². The lowest BCUT2D eigenvalue weighted by Gasteiger charge is -2.16. The zero-order valence-electron chi connectivity index (χ0n) is 12.1. The second kappa shape index (κ2) is 11.8. The number of aliphatic imine (C=N–C) groups is 1. The summed E-state index contributed by atoms with van der Waals surface area (Å²) in [6, 6.07) is 4.46. The minimum atomic E-state index is 0. The molecule has 0 aliphatic carbocycles. The van der Waals surface area contributed by atoms with Crippen molar-refractivity contribution in [2.75, 3.05) is 26.8 Å². The van der Waals surface area contributed by atoms with E-state index in [1.54, 1.807) is 18.4 Å². The maximum atomic E-state index is 5.11. The van der Waals surface area contributed by atoms with Crippen molar-refractivity contribution in [1.82, 2.24) is 10.6 Å². The molecule has 0 bridgehead atoms. The highest BCUT2D eigenvalue weighted by molar-refractivity contribution is 14.0. The Bertz CT molecular complexity index is 401. The van der Waals surface area contributed by atoms with Crippen molar-refractivity contribution in [3.05, 3.63) is 20.8 Å². The Labute approximate surface area is 150 Å². The highest BCUT2D eigenvalue weighted by Crippen LogP contribution is 2.22. The first-order valence-electron chi connectivity index (χ1n) is 6.43. The molecule has 1 atom stereocenters. The van der Waals surface area contributed by atoms with Gasteiger partial charge in [0, 0.05) is 37.5 Å². The molecule has 0 radical (unpaired) electrons. The summed E-state index contributed by atoms with van der Waals surface area (Å²) in [7, 11) is 1.71. The minimum absolute atomic E-state index is 0. The number of hydrogen-bond donors (Lipinski definition) is 2. The molecule has 116 valence electrons. The van der Waals surface area contributed by atoms with Crippen LogP contribution >= 0.6 is 51.2 Å². The molecule has 4 nitrogen and oxygen atoms in total. The third-order valence-electron chi connectivity index (χ3n) is 2.40. The molecule has 0 fully saturated rings. The molecule has 1 aromatic heterocycles. The maximum absolute atomic E-state index is 5.11. The number of thiophene rings is 1. The fraction of sp³-hybridized carbons (Fsp3) is 0.615. The van der Waals surface area contributed by atoms with Gasteiger partial charge in [-0.05, 0) is 41.9 Å². The quantitative estimate of drug-likeness (QED) is 0.361. The van der Waals surface area contributed by atoms with Crippen molar-refractivity contribution in [1.29, 1.82) is 0 Å². The third-order valence-corrected chi connectivity index (χ3v) is 4.08. The number of guanidine groups is 1. The summed E-state index contributed by atoms with van der Waals surface area (Å²) in [5.74, 6) is 0.850. The second-order valence-electron chi connectivity index (χ2n) is 4.22.